The third-order valence-corrected chi connectivity index (χ3v) is 6.42. The van der Waals surface area contributed by atoms with E-state index in [4.69, 9.17) is 0 Å². The third-order valence-electron chi connectivity index (χ3n) is 3.62. The second-order valence-corrected chi connectivity index (χ2v) is 8.70. The van der Waals surface area contributed by atoms with Crippen LogP contribution in [0.2, 0.25) is 0 Å². The second-order valence-electron chi connectivity index (χ2n) is 5.30. The summed E-state index contributed by atoms with van der Waals surface area (Å²) in [7, 11) is 2.31. The Morgan fingerprint density at radius 3 is 2.65 bits per heavy atom. The Hall–Kier alpha value is -1.12. The van der Waals surface area contributed by atoms with E-state index in [1.165, 1.54) is 9.18 Å². The Kier molecular flexibility index (Phi) is 8.57. The highest BCUT2D eigenvalue weighted by atomic mass is 32.2. The number of likely N-dealkylation sites (N-methyl/N-ethyl adjacent to an activating group) is 1. The molecule has 1 aromatic heterocycles. The number of nitrogens with one attached hydrogen (secondary N) is 1. The maximum atomic E-state index is 11.7. The van der Waals surface area contributed by atoms with E-state index in [1.807, 2.05) is 7.05 Å². The van der Waals surface area contributed by atoms with Gasteiger partial charge in [-0.3, -0.25) is 4.99 Å². The molecule has 6 nitrogen and oxygen atoms in total. The van der Waals surface area contributed by atoms with Crippen LogP contribution in [-0.2, 0) is 16.4 Å². The van der Waals surface area contributed by atoms with E-state index in [1.54, 1.807) is 32.4 Å². The molecule has 1 aromatic rings. The number of thiophene rings is 1. The van der Waals surface area contributed by atoms with Gasteiger partial charge in [-0.05, 0) is 31.2 Å². The first-order chi connectivity index (χ1) is 10.9. The zero-order valence-corrected chi connectivity index (χ0v) is 16.1. The van der Waals surface area contributed by atoms with E-state index in [9.17, 15) is 8.42 Å². The highest BCUT2D eigenvalue weighted by Crippen LogP contribution is 2.09. The molecule has 0 fully saturated rings. The molecule has 1 rings (SSSR count). The van der Waals surface area contributed by atoms with E-state index < -0.39 is 10.0 Å². The monoisotopic (exact) mass is 360 g/mol. The first-order valence-electron chi connectivity index (χ1n) is 7.79. The maximum Gasteiger partial charge on any atom is 0.213 e. The number of hydrogen-bond acceptors (Lipinski definition) is 4. The number of aliphatic imine (C=N–C) groups is 1. The van der Waals surface area contributed by atoms with E-state index >= 15 is 0 Å². The predicted molar refractivity (Wildman–Crippen MR) is 98.7 cm³/mol. The molecule has 0 aromatic carbocycles. The van der Waals surface area contributed by atoms with Crippen molar-refractivity contribution in [2.45, 2.75) is 19.8 Å². The lowest BCUT2D eigenvalue weighted by Gasteiger charge is -2.22. The Balaban J connectivity index is 2.31. The van der Waals surface area contributed by atoms with Crippen LogP contribution >= 0.6 is 11.3 Å². The van der Waals surface area contributed by atoms with Gasteiger partial charge in [0.2, 0.25) is 10.0 Å². The molecule has 1 N–H and O–H groups in total. The molecule has 132 valence electrons. The number of hydrogen-bond donors (Lipinski definition) is 1. The fourth-order valence-corrected chi connectivity index (χ4v) is 3.63. The topological polar surface area (TPSA) is 65.0 Å². The van der Waals surface area contributed by atoms with Gasteiger partial charge in [0.15, 0.2) is 5.96 Å². The van der Waals surface area contributed by atoms with E-state index in [0.29, 0.717) is 13.1 Å². The van der Waals surface area contributed by atoms with Crippen molar-refractivity contribution in [3.8, 4) is 0 Å². The SMILES string of the molecule is CCS(=O)(=O)N(C)CCCNC(=NC)N(C)CCc1cccs1. The van der Waals surface area contributed by atoms with Crippen molar-refractivity contribution >= 4 is 27.3 Å². The molecule has 0 amide bonds. The van der Waals surface area contributed by atoms with Crippen molar-refractivity contribution in [1.82, 2.24) is 14.5 Å². The van der Waals surface area contributed by atoms with Crippen LogP contribution in [0.15, 0.2) is 22.5 Å². The molecule has 0 bridgehead atoms. The lowest BCUT2D eigenvalue weighted by atomic mass is 10.3. The standard InChI is InChI=1S/C15H28N4O2S2/c1-5-23(20,21)19(4)11-7-10-17-15(16-2)18(3)12-9-14-8-6-13-22-14/h6,8,13H,5,7,9-12H2,1-4H3,(H,16,17). The summed E-state index contributed by atoms with van der Waals surface area (Å²) in [5, 5.41) is 5.37. The summed E-state index contributed by atoms with van der Waals surface area (Å²) in [6.07, 6.45) is 1.74. The van der Waals surface area contributed by atoms with Gasteiger partial charge in [-0.2, -0.15) is 0 Å². The van der Waals surface area contributed by atoms with Gasteiger partial charge in [-0.25, -0.2) is 12.7 Å². The van der Waals surface area contributed by atoms with Crippen molar-refractivity contribution in [1.29, 1.82) is 0 Å². The lowest BCUT2D eigenvalue weighted by molar-refractivity contribution is 0.453. The zero-order chi connectivity index (χ0) is 17.3. The molecule has 0 aliphatic carbocycles. The molecule has 0 atom stereocenters. The average molecular weight is 361 g/mol. The largest absolute Gasteiger partial charge is 0.356 e. The summed E-state index contributed by atoms with van der Waals surface area (Å²) in [5.74, 6) is 0.979. The predicted octanol–water partition coefficient (Wildman–Crippen LogP) is 1.47. The Labute approximate surface area is 144 Å². The molecule has 1 heterocycles. The van der Waals surface area contributed by atoms with Crippen LogP contribution in [-0.4, -0.2) is 70.1 Å². The van der Waals surface area contributed by atoms with E-state index in [-0.39, 0.29) is 5.75 Å². The zero-order valence-electron chi connectivity index (χ0n) is 14.4. The minimum absolute atomic E-state index is 0.143. The third kappa shape index (κ3) is 6.88. The summed E-state index contributed by atoms with van der Waals surface area (Å²) in [6, 6.07) is 4.20. The molecule has 0 saturated heterocycles. The Morgan fingerprint density at radius 2 is 2.09 bits per heavy atom. The van der Waals surface area contributed by atoms with Crippen molar-refractivity contribution in [2.75, 3.05) is 46.5 Å². The second kappa shape index (κ2) is 9.89. The van der Waals surface area contributed by atoms with Crippen LogP contribution in [0.25, 0.3) is 0 Å². The quantitative estimate of drug-likeness (QED) is 0.411. The van der Waals surface area contributed by atoms with Crippen LogP contribution in [0.5, 0.6) is 0 Å². The molecule has 0 spiro atoms. The fourth-order valence-electron chi connectivity index (χ4n) is 2.08. The minimum atomic E-state index is -3.09. The average Bonchev–Trinajstić information content (AvgIpc) is 3.05. The van der Waals surface area contributed by atoms with E-state index in [2.05, 4.69) is 32.7 Å². The van der Waals surface area contributed by atoms with Gasteiger partial charge >= 0.3 is 0 Å². The van der Waals surface area contributed by atoms with Gasteiger partial charge in [0.1, 0.15) is 0 Å². The van der Waals surface area contributed by atoms with Gasteiger partial charge in [0.25, 0.3) is 0 Å². The molecular formula is C15H28N4O2S2. The Bertz CT molecular complexity index is 570. The number of sulfonamides is 1. The number of rotatable bonds is 9. The van der Waals surface area contributed by atoms with Crippen molar-refractivity contribution in [3.05, 3.63) is 22.4 Å². The molecule has 0 radical (unpaired) electrons. The van der Waals surface area contributed by atoms with Gasteiger partial charge in [0, 0.05) is 45.7 Å². The summed E-state index contributed by atoms with van der Waals surface area (Å²) < 4.78 is 24.7. The van der Waals surface area contributed by atoms with Crippen molar-refractivity contribution in [3.63, 3.8) is 0 Å². The molecule has 0 saturated carbocycles. The number of guanidine groups is 1. The lowest BCUT2D eigenvalue weighted by Crippen LogP contribution is -2.41. The fraction of sp³-hybridized carbons (Fsp3) is 0.667. The van der Waals surface area contributed by atoms with Crippen LogP contribution in [0.3, 0.4) is 0 Å². The molecule has 0 unspecified atom stereocenters. The highest BCUT2D eigenvalue weighted by molar-refractivity contribution is 7.89. The van der Waals surface area contributed by atoms with Gasteiger partial charge < -0.3 is 10.2 Å². The summed E-state index contributed by atoms with van der Waals surface area (Å²) in [4.78, 5) is 7.72. The summed E-state index contributed by atoms with van der Waals surface area (Å²) >= 11 is 1.76. The normalized spacial score (nSPS) is 12.7. The van der Waals surface area contributed by atoms with E-state index in [0.717, 1.165) is 25.3 Å². The first-order valence-corrected chi connectivity index (χ1v) is 10.3. The molecule has 8 heteroatoms. The smallest absolute Gasteiger partial charge is 0.213 e. The van der Waals surface area contributed by atoms with Crippen LogP contribution in [0.4, 0.5) is 0 Å². The minimum Gasteiger partial charge on any atom is -0.356 e. The molecule has 0 aliphatic heterocycles. The number of nitrogens with zero attached hydrogens (tertiary/aromatic N) is 3. The van der Waals surface area contributed by atoms with Gasteiger partial charge in [0.05, 0.1) is 5.75 Å². The first kappa shape index (κ1) is 19.9. The Morgan fingerprint density at radius 1 is 1.35 bits per heavy atom. The highest BCUT2D eigenvalue weighted by Gasteiger charge is 2.14. The summed E-state index contributed by atoms with van der Waals surface area (Å²) in [5.41, 5.74) is 0. The van der Waals surface area contributed by atoms with Crippen molar-refractivity contribution < 1.29 is 8.42 Å². The van der Waals surface area contributed by atoms with Gasteiger partial charge in [-0.1, -0.05) is 6.07 Å². The van der Waals surface area contributed by atoms with Crippen LogP contribution in [0.1, 0.15) is 18.2 Å². The molecule has 0 aliphatic rings. The van der Waals surface area contributed by atoms with Gasteiger partial charge in [-0.15, -0.1) is 11.3 Å². The molecular weight excluding hydrogens is 332 g/mol. The summed E-state index contributed by atoms with van der Waals surface area (Å²) in [6.45, 7) is 3.76. The maximum absolute atomic E-state index is 11.7. The van der Waals surface area contributed by atoms with Crippen LogP contribution in [0, 0.1) is 0 Å². The van der Waals surface area contributed by atoms with Crippen LogP contribution < -0.4 is 5.32 Å². The van der Waals surface area contributed by atoms with Crippen molar-refractivity contribution in [2.24, 2.45) is 4.99 Å². The molecule has 23 heavy (non-hydrogen) atoms.